The number of hydrogen-bond acceptors (Lipinski definition) is 6. The van der Waals surface area contributed by atoms with E-state index in [4.69, 9.17) is 4.42 Å². The summed E-state index contributed by atoms with van der Waals surface area (Å²) in [6, 6.07) is 1.90. The predicted octanol–water partition coefficient (Wildman–Crippen LogP) is 2.91. The van der Waals surface area contributed by atoms with Gasteiger partial charge in [-0.2, -0.15) is 16.4 Å². The lowest BCUT2D eigenvalue weighted by molar-refractivity contribution is -0.146. The number of rotatable bonds is 6. The first-order valence-corrected chi connectivity index (χ1v) is 8.79. The molecule has 2 N–H and O–H groups in total. The standard InChI is InChI=1S/C17H18N4O4S/c1-10-13(20-15(25-10)11-4-5-26-9-11)6-14(22)19-12-7-18-21(8-12)17(2,3)16(23)24/h4-5,7-9H,6H2,1-3H3,(H,19,22)(H,23,24). The summed E-state index contributed by atoms with van der Waals surface area (Å²) < 4.78 is 6.91. The van der Waals surface area contributed by atoms with Gasteiger partial charge in [0.15, 0.2) is 5.54 Å². The lowest BCUT2D eigenvalue weighted by atomic mass is 10.1. The highest BCUT2D eigenvalue weighted by Gasteiger charge is 2.30. The normalized spacial score (nSPS) is 11.5. The molecule has 0 radical (unpaired) electrons. The van der Waals surface area contributed by atoms with Gasteiger partial charge in [0.1, 0.15) is 5.76 Å². The molecule has 0 fully saturated rings. The van der Waals surface area contributed by atoms with E-state index >= 15 is 0 Å². The highest BCUT2D eigenvalue weighted by Crippen LogP contribution is 2.24. The molecule has 1 amide bonds. The molecule has 0 aliphatic rings. The molecule has 3 aromatic rings. The number of carbonyl (C=O) groups is 2. The van der Waals surface area contributed by atoms with Crippen LogP contribution in [-0.2, 0) is 21.5 Å². The van der Waals surface area contributed by atoms with Crippen molar-refractivity contribution in [3.63, 3.8) is 0 Å². The number of hydrogen-bond donors (Lipinski definition) is 2. The van der Waals surface area contributed by atoms with E-state index in [0.717, 1.165) is 5.56 Å². The van der Waals surface area contributed by atoms with Crippen molar-refractivity contribution in [2.45, 2.75) is 32.7 Å². The number of oxazole rings is 1. The van der Waals surface area contributed by atoms with E-state index in [1.807, 2.05) is 16.8 Å². The van der Waals surface area contributed by atoms with Crippen molar-refractivity contribution in [3.8, 4) is 11.5 Å². The molecule has 0 aliphatic carbocycles. The van der Waals surface area contributed by atoms with Gasteiger partial charge >= 0.3 is 5.97 Å². The lowest BCUT2D eigenvalue weighted by Gasteiger charge is -2.19. The average Bonchev–Trinajstić information content (AvgIpc) is 3.29. The maximum Gasteiger partial charge on any atom is 0.331 e. The molecular weight excluding hydrogens is 356 g/mol. The maximum atomic E-state index is 12.3. The van der Waals surface area contributed by atoms with E-state index < -0.39 is 11.5 Å². The van der Waals surface area contributed by atoms with Gasteiger partial charge in [-0.1, -0.05) is 0 Å². The Hall–Kier alpha value is -2.94. The molecule has 9 heteroatoms. The van der Waals surface area contributed by atoms with Crippen LogP contribution in [0.25, 0.3) is 11.5 Å². The third-order valence-electron chi connectivity index (χ3n) is 3.95. The second-order valence-corrected chi connectivity index (χ2v) is 7.08. The van der Waals surface area contributed by atoms with Gasteiger partial charge in [0, 0.05) is 17.1 Å². The Morgan fingerprint density at radius 2 is 2.19 bits per heavy atom. The highest BCUT2D eigenvalue weighted by atomic mass is 32.1. The van der Waals surface area contributed by atoms with Gasteiger partial charge in [0.25, 0.3) is 0 Å². The summed E-state index contributed by atoms with van der Waals surface area (Å²) in [5, 5.41) is 19.8. The molecule has 0 spiro atoms. The molecule has 136 valence electrons. The zero-order chi connectivity index (χ0) is 18.9. The summed E-state index contributed by atoms with van der Waals surface area (Å²) in [7, 11) is 0. The largest absolute Gasteiger partial charge is 0.479 e. The Morgan fingerprint density at radius 1 is 1.42 bits per heavy atom. The first kappa shape index (κ1) is 17.9. The van der Waals surface area contributed by atoms with Crippen LogP contribution in [0.1, 0.15) is 25.3 Å². The Labute approximate surface area is 153 Å². The molecule has 8 nitrogen and oxygen atoms in total. The van der Waals surface area contributed by atoms with E-state index in [0.29, 0.717) is 23.0 Å². The van der Waals surface area contributed by atoms with Gasteiger partial charge in [-0.15, -0.1) is 0 Å². The van der Waals surface area contributed by atoms with Crippen molar-refractivity contribution in [3.05, 3.63) is 40.7 Å². The molecule has 3 rings (SSSR count). The smallest absolute Gasteiger partial charge is 0.331 e. The summed E-state index contributed by atoms with van der Waals surface area (Å²) in [6.45, 7) is 4.82. The van der Waals surface area contributed by atoms with E-state index in [1.165, 1.54) is 30.9 Å². The minimum atomic E-state index is -1.21. The number of aliphatic carboxylic acids is 1. The molecule has 0 saturated heterocycles. The third-order valence-corrected chi connectivity index (χ3v) is 4.63. The van der Waals surface area contributed by atoms with Crippen molar-refractivity contribution >= 4 is 28.9 Å². The second kappa shape index (κ2) is 6.75. The Morgan fingerprint density at radius 3 is 2.85 bits per heavy atom. The van der Waals surface area contributed by atoms with Crippen molar-refractivity contribution in [2.75, 3.05) is 5.32 Å². The van der Waals surface area contributed by atoms with Crippen LogP contribution in [0, 0.1) is 6.92 Å². The van der Waals surface area contributed by atoms with E-state index in [9.17, 15) is 14.7 Å². The number of carboxylic acids is 1. The van der Waals surface area contributed by atoms with Crippen molar-refractivity contribution < 1.29 is 19.1 Å². The van der Waals surface area contributed by atoms with Gasteiger partial charge in [-0.3, -0.25) is 9.48 Å². The van der Waals surface area contributed by atoms with Crippen LogP contribution in [0.5, 0.6) is 0 Å². The zero-order valence-electron chi connectivity index (χ0n) is 14.5. The fourth-order valence-electron chi connectivity index (χ4n) is 2.25. The topological polar surface area (TPSA) is 110 Å². The number of aryl methyl sites for hydroxylation is 1. The van der Waals surface area contributed by atoms with Crippen LogP contribution in [-0.4, -0.2) is 31.7 Å². The van der Waals surface area contributed by atoms with Crippen molar-refractivity contribution in [2.24, 2.45) is 0 Å². The molecule has 0 saturated carbocycles. The van der Waals surface area contributed by atoms with Gasteiger partial charge in [-0.05, 0) is 32.2 Å². The Bertz CT molecular complexity index is 940. The SMILES string of the molecule is Cc1oc(-c2ccsc2)nc1CC(=O)Nc1cnn(C(C)(C)C(=O)O)c1. The second-order valence-electron chi connectivity index (χ2n) is 6.30. The number of amides is 1. The molecule has 3 aromatic heterocycles. The summed E-state index contributed by atoms with van der Waals surface area (Å²) in [4.78, 5) is 27.9. The first-order chi connectivity index (χ1) is 12.3. The molecular formula is C17H18N4O4S. The van der Waals surface area contributed by atoms with Crippen molar-refractivity contribution in [1.82, 2.24) is 14.8 Å². The number of anilines is 1. The van der Waals surface area contributed by atoms with Gasteiger partial charge in [-0.25, -0.2) is 9.78 Å². The minimum Gasteiger partial charge on any atom is -0.479 e. The van der Waals surface area contributed by atoms with Crippen LogP contribution < -0.4 is 5.32 Å². The zero-order valence-corrected chi connectivity index (χ0v) is 15.3. The number of thiophene rings is 1. The summed E-state index contributed by atoms with van der Waals surface area (Å²) in [5.74, 6) is -0.227. The Kier molecular flexibility index (Phi) is 4.64. The number of nitrogens with zero attached hydrogens (tertiary/aromatic N) is 3. The maximum absolute atomic E-state index is 12.3. The molecule has 0 aliphatic heterocycles. The van der Waals surface area contributed by atoms with Crippen molar-refractivity contribution in [1.29, 1.82) is 0 Å². The highest BCUT2D eigenvalue weighted by molar-refractivity contribution is 7.08. The monoisotopic (exact) mass is 374 g/mol. The number of carbonyl (C=O) groups excluding carboxylic acids is 1. The van der Waals surface area contributed by atoms with E-state index in [-0.39, 0.29) is 12.3 Å². The van der Waals surface area contributed by atoms with Crippen LogP contribution in [0.3, 0.4) is 0 Å². The fraction of sp³-hybridized carbons (Fsp3) is 0.294. The van der Waals surface area contributed by atoms with Gasteiger partial charge < -0.3 is 14.8 Å². The third kappa shape index (κ3) is 3.52. The van der Waals surface area contributed by atoms with E-state index in [2.05, 4.69) is 15.4 Å². The molecule has 0 unspecified atom stereocenters. The molecule has 3 heterocycles. The predicted molar refractivity (Wildman–Crippen MR) is 96.1 cm³/mol. The van der Waals surface area contributed by atoms with Gasteiger partial charge in [0.2, 0.25) is 11.8 Å². The van der Waals surface area contributed by atoms with Crippen LogP contribution in [0.2, 0.25) is 0 Å². The van der Waals surface area contributed by atoms with Crippen LogP contribution in [0.15, 0.2) is 33.6 Å². The number of aromatic nitrogens is 3. The summed E-state index contributed by atoms with van der Waals surface area (Å²) in [6.07, 6.45) is 2.94. The Balaban J connectivity index is 1.69. The lowest BCUT2D eigenvalue weighted by Crippen LogP contribution is -2.35. The summed E-state index contributed by atoms with van der Waals surface area (Å²) in [5.41, 5.74) is 0.647. The number of carboxylic acid groups (broad SMARTS) is 1. The first-order valence-electron chi connectivity index (χ1n) is 7.84. The number of nitrogens with one attached hydrogen (secondary N) is 1. The molecule has 0 atom stereocenters. The molecule has 26 heavy (non-hydrogen) atoms. The molecule has 0 aromatic carbocycles. The summed E-state index contributed by atoms with van der Waals surface area (Å²) >= 11 is 1.54. The minimum absolute atomic E-state index is 0.0486. The van der Waals surface area contributed by atoms with Crippen LogP contribution >= 0.6 is 11.3 Å². The van der Waals surface area contributed by atoms with E-state index in [1.54, 1.807) is 18.3 Å². The van der Waals surface area contributed by atoms with Gasteiger partial charge in [0.05, 0.1) is 24.0 Å². The average molecular weight is 374 g/mol. The molecule has 0 bridgehead atoms. The fourth-order valence-corrected chi connectivity index (χ4v) is 2.88. The quantitative estimate of drug-likeness (QED) is 0.686. The van der Waals surface area contributed by atoms with Crippen LogP contribution in [0.4, 0.5) is 5.69 Å².